The van der Waals surface area contributed by atoms with Crippen molar-refractivity contribution in [2.24, 2.45) is 11.8 Å². The minimum absolute atomic E-state index is 0.0227. The molecule has 1 amide bonds. The standard InChI is InChI=1S/C31H46N4O6/c1-22-5-7-26(36)21-29(37)41-30(23(2)6-8-27(22)40-31(38)35-13-11-33(4)12-14-35)24(3)19-25-9-10-32-28(20-25)34-15-17-39-18-16-34/h6,8-10,19-20,22-23,26-27,30,36H,5,7,11-18,21H2,1-4H3/b8-6-,24-19+/t22-,23-,26+,27-,30-/m0/s1. The fourth-order valence-electron chi connectivity index (χ4n) is 5.46. The summed E-state index contributed by atoms with van der Waals surface area (Å²) in [6.45, 7) is 11.8. The van der Waals surface area contributed by atoms with E-state index >= 15 is 0 Å². The number of amides is 1. The van der Waals surface area contributed by atoms with Crippen LogP contribution < -0.4 is 4.90 Å². The van der Waals surface area contributed by atoms with Gasteiger partial charge in [-0.25, -0.2) is 9.78 Å². The molecule has 1 N–H and O–H groups in total. The van der Waals surface area contributed by atoms with E-state index in [4.69, 9.17) is 14.2 Å². The third-order valence-electron chi connectivity index (χ3n) is 8.20. The number of aromatic nitrogens is 1. The van der Waals surface area contributed by atoms with Crippen LogP contribution in [0, 0.1) is 11.8 Å². The normalized spacial score (nSPS) is 30.1. The highest BCUT2D eigenvalue weighted by Crippen LogP contribution is 2.26. The van der Waals surface area contributed by atoms with E-state index in [0.717, 1.165) is 43.1 Å². The second-order valence-electron chi connectivity index (χ2n) is 11.6. The molecule has 10 heteroatoms. The summed E-state index contributed by atoms with van der Waals surface area (Å²) >= 11 is 0. The molecule has 1 aromatic rings. The molecule has 0 unspecified atom stereocenters. The van der Waals surface area contributed by atoms with Gasteiger partial charge in [-0.15, -0.1) is 0 Å². The molecular formula is C31H46N4O6. The number of carbonyl (C=O) groups excluding carboxylic acids is 2. The average molecular weight is 571 g/mol. The molecule has 3 aliphatic heterocycles. The molecule has 5 atom stereocenters. The molecule has 0 bridgehead atoms. The van der Waals surface area contributed by atoms with Gasteiger partial charge in [0.2, 0.25) is 0 Å². The maximum atomic E-state index is 13.0. The van der Waals surface area contributed by atoms with E-state index in [9.17, 15) is 14.7 Å². The summed E-state index contributed by atoms with van der Waals surface area (Å²) in [5.74, 6) is 0.251. The molecule has 0 aromatic carbocycles. The minimum Gasteiger partial charge on any atom is -0.457 e. The van der Waals surface area contributed by atoms with Crippen molar-refractivity contribution in [1.82, 2.24) is 14.8 Å². The number of nitrogens with zero attached hydrogens (tertiary/aromatic N) is 4. The molecule has 0 saturated carbocycles. The third-order valence-corrected chi connectivity index (χ3v) is 8.20. The van der Waals surface area contributed by atoms with Gasteiger partial charge in [-0.1, -0.05) is 26.0 Å². The molecule has 226 valence electrons. The first kappa shape index (κ1) is 31.0. The number of esters is 1. The Hall–Kier alpha value is -2.95. The maximum absolute atomic E-state index is 13.0. The van der Waals surface area contributed by atoms with Gasteiger partial charge in [0.25, 0.3) is 0 Å². The summed E-state index contributed by atoms with van der Waals surface area (Å²) < 4.78 is 17.4. The van der Waals surface area contributed by atoms with Crippen molar-refractivity contribution < 1.29 is 28.9 Å². The Balaban J connectivity index is 1.53. The highest BCUT2D eigenvalue weighted by molar-refractivity contribution is 5.71. The van der Waals surface area contributed by atoms with Crippen LogP contribution in [0.5, 0.6) is 0 Å². The van der Waals surface area contributed by atoms with Crippen molar-refractivity contribution in [1.29, 1.82) is 0 Å². The Morgan fingerprint density at radius 3 is 2.56 bits per heavy atom. The Morgan fingerprint density at radius 1 is 1.10 bits per heavy atom. The fraction of sp³-hybridized carbons (Fsp3) is 0.645. The van der Waals surface area contributed by atoms with Crippen molar-refractivity contribution in [2.45, 2.75) is 58.3 Å². The number of anilines is 1. The number of cyclic esters (lactones) is 1. The van der Waals surface area contributed by atoms with Crippen LogP contribution in [-0.2, 0) is 19.0 Å². The van der Waals surface area contributed by atoms with Gasteiger partial charge in [0.15, 0.2) is 0 Å². The Bertz CT molecular complexity index is 1080. The van der Waals surface area contributed by atoms with Gasteiger partial charge >= 0.3 is 12.1 Å². The van der Waals surface area contributed by atoms with Crippen LogP contribution in [0.15, 0.2) is 36.1 Å². The largest absolute Gasteiger partial charge is 0.457 e. The lowest BCUT2D eigenvalue weighted by Gasteiger charge is -2.33. The Labute approximate surface area is 243 Å². The van der Waals surface area contributed by atoms with Crippen LogP contribution in [0.3, 0.4) is 0 Å². The molecular weight excluding hydrogens is 524 g/mol. The Morgan fingerprint density at radius 2 is 1.83 bits per heavy atom. The van der Waals surface area contributed by atoms with Crippen LogP contribution in [0.1, 0.15) is 45.6 Å². The maximum Gasteiger partial charge on any atom is 0.410 e. The lowest BCUT2D eigenvalue weighted by Crippen LogP contribution is -2.48. The van der Waals surface area contributed by atoms with Gasteiger partial charge in [-0.05, 0) is 62.1 Å². The third kappa shape index (κ3) is 9.02. The van der Waals surface area contributed by atoms with Crippen LogP contribution in [0.25, 0.3) is 6.08 Å². The van der Waals surface area contributed by atoms with Gasteiger partial charge in [0, 0.05) is 51.4 Å². The zero-order valence-electron chi connectivity index (χ0n) is 24.9. The lowest BCUT2D eigenvalue weighted by atomic mass is 9.91. The molecule has 10 nitrogen and oxygen atoms in total. The summed E-state index contributed by atoms with van der Waals surface area (Å²) in [6.07, 6.45) is 6.55. The van der Waals surface area contributed by atoms with Crippen molar-refractivity contribution >= 4 is 24.0 Å². The van der Waals surface area contributed by atoms with Gasteiger partial charge in [0.05, 0.1) is 25.7 Å². The number of aliphatic hydroxyl groups excluding tert-OH is 1. The quantitative estimate of drug-likeness (QED) is 0.431. The van der Waals surface area contributed by atoms with Crippen LogP contribution >= 0.6 is 0 Å². The van der Waals surface area contributed by atoms with Crippen molar-refractivity contribution in [2.75, 3.05) is 64.4 Å². The van der Waals surface area contributed by atoms with Gasteiger partial charge in [-0.2, -0.15) is 0 Å². The molecule has 3 aliphatic rings. The first-order valence-electron chi connectivity index (χ1n) is 14.9. The molecule has 0 aliphatic carbocycles. The smallest absolute Gasteiger partial charge is 0.410 e. The molecule has 2 fully saturated rings. The minimum atomic E-state index is -0.821. The molecule has 1 aromatic heterocycles. The molecule has 41 heavy (non-hydrogen) atoms. The predicted octanol–water partition coefficient (Wildman–Crippen LogP) is 3.36. The second-order valence-corrected chi connectivity index (χ2v) is 11.6. The van der Waals surface area contributed by atoms with E-state index in [2.05, 4.69) is 14.8 Å². The Kier molecular flexibility index (Phi) is 11.2. The average Bonchev–Trinajstić information content (AvgIpc) is 2.97. The van der Waals surface area contributed by atoms with Gasteiger partial charge in [0.1, 0.15) is 18.0 Å². The van der Waals surface area contributed by atoms with E-state index in [-0.39, 0.29) is 24.3 Å². The van der Waals surface area contributed by atoms with E-state index in [1.165, 1.54) is 0 Å². The number of aliphatic hydroxyl groups is 1. The van der Waals surface area contributed by atoms with E-state index in [1.54, 1.807) is 11.1 Å². The first-order chi connectivity index (χ1) is 19.7. The number of rotatable bonds is 4. The topological polar surface area (TPSA) is 105 Å². The van der Waals surface area contributed by atoms with Gasteiger partial charge < -0.3 is 34.0 Å². The predicted molar refractivity (Wildman–Crippen MR) is 157 cm³/mol. The van der Waals surface area contributed by atoms with E-state index in [1.807, 2.05) is 58.2 Å². The molecule has 4 heterocycles. The van der Waals surface area contributed by atoms with Crippen LogP contribution in [0.4, 0.5) is 10.6 Å². The summed E-state index contributed by atoms with van der Waals surface area (Å²) in [4.78, 5) is 36.5. The summed E-state index contributed by atoms with van der Waals surface area (Å²) in [7, 11) is 2.05. The number of likely N-dealkylation sites (N-methyl/N-ethyl adjacent to an activating group) is 1. The fourth-order valence-corrected chi connectivity index (χ4v) is 5.46. The van der Waals surface area contributed by atoms with Crippen LogP contribution in [0.2, 0.25) is 0 Å². The van der Waals surface area contributed by atoms with E-state index in [0.29, 0.717) is 39.1 Å². The number of morpholine rings is 1. The lowest BCUT2D eigenvalue weighted by molar-refractivity contribution is -0.151. The number of piperazine rings is 1. The monoisotopic (exact) mass is 570 g/mol. The van der Waals surface area contributed by atoms with Crippen molar-refractivity contribution in [3.63, 3.8) is 0 Å². The number of pyridine rings is 1. The zero-order valence-corrected chi connectivity index (χ0v) is 24.9. The highest BCUT2D eigenvalue weighted by atomic mass is 16.6. The summed E-state index contributed by atoms with van der Waals surface area (Å²) in [6, 6.07) is 3.97. The van der Waals surface area contributed by atoms with Crippen molar-refractivity contribution in [3.05, 3.63) is 41.6 Å². The number of ether oxygens (including phenoxy) is 3. The number of carbonyl (C=O) groups is 2. The molecule has 4 rings (SSSR count). The summed E-state index contributed by atoms with van der Waals surface area (Å²) in [5.41, 5.74) is 1.84. The molecule has 0 radical (unpaired) electrons. The first-order valence-corrected chi connectivity index (χ1v) is 14.9. The van der Waals surface area contributed by atoms with E-state index < -0.39 is 24.3 Å². The second kappa shape index (κ2) is 14.8. The molecule has 0 spiro atoms. The molecule has 2 saturated heterocycles. The zero-order chi connectivity index (χ0) is 29.4. The van der Waals surface area contributed by atoms with Crippen molar-refractivity contribution in [3.8, 4) is 0 Å². The van der Waals surface area contributed by atoms with Crippen LogP contribution in [-0.4, -0.2) is 110 Å². The van der Waals surface area contributed by atoms with Gasteiger partial charge in [-0.3, -0.25) is 4.79 Å². The number of hydrogen-bond donors (Lipinski definition) is 1. The number of hydrogen-bond acceptors (Lipinski definition) is 9. The summed E-state index contributed by atoms with van der Waals surface area (Å²) in [5, 5.41) is 10.6. The SMILES string of the molecule is C/C(=C\c1ccnc(N2CCOCC2)c1)[C@H]1OC(=O)C[C@H](O)CC[C@H](C)[C@@H](OC(=O)N2CCN(C)CC2)/C=C\[C@@H]1C. The highest BCUT2D eigenvalue weighted by Gasteiger charge is 2.29.